The van der Waals surface area contributed by atoms with Crippen molar-refractivity contribution in [2.45, 2.75) is 12.5 Å². The fraction of sp³-hybridized carbons (Fsp3) is 0.235. The van der Waals surface area contributed by atoms with E-state index in [-0.39, 0.29) is 11.8 Å². The number of hydrazone groups is 1. The summed E-state index contributed by atoms with van der Waals surface area (Å²) >= 11 is 0. The highest BCUT2D eigenvalue weighted by molar-refractivity contribution is 6.04. The molecule has 2 aromatic rings. The Morgan fingerprint density at radius 1 is 1.05 bits per heavy atom. The van der Waals surface area contributed by atoms with Crippen LogP contribution in [0, 0.1) is 0 Å². The van der Waals surface area contributed by atoms with Crippen LogP contribution in [-0.2, 0) is 0 Å². The highest BCUT2D eigenvalue weighted by Gasteiger charge is 2.23. The van der Waals surface area contributed by atoms with Crippen LogP contribution in [0.2, 0.25) is 0 Å². The standard InChI is InChI=1S/C17H18N2O3/c1-21-12-5-3-11(4-6-12)15-10-16(19-18-15)14-8-7-13(22-2)9-17(14)20/h3-9,15,18,20H,10H2,1-2H3/t15-/m1/s1. The number of nitrogens with zero attached hydrogens (tertiary/aromatic N) is 1. The number of hydrogen-bond acceptors (Lipinski definition) is 5. The lowest BCUT2D eigenvalue weighted by atomic mass is 9.98. The quantitative estimate of drug-likeness (QED) is 0.911. The highest BCUT2D eigenvalue weighted by atomic mass is 16.5. The average molecular weight is 298 g/mol. The summed E-state index contributed by atoms with van der Waals surface area (Å²) in [6.45, 7) is 0. The van der Waals surface area contributed by atoms with Crippen LogP contribution in [0.15, 0.2) is 47.6 Å². The summed E-state index contributed by atoms with van der Waals surface area (Å²) in [7, 11) is 3.22. The van der Waals surface area contributed by atoms with Crippen molar-refractivity contribution in [2.24, 2.45) is 5.10 Å². The van der Waals surface area contributed by atoms with Gasteiger partial charge in [0.15, 0.2) is 0 Å². The second-order valence-corrected chi connectivity index (χ2v) is 5.10. The number of ether oxygens (including phenoxy) is 2. The summed E-state index contributed by atoms with van der Waals surface area (Å²) in [5.74, 6) is 1.63. The van der Waals surface area contributed by atoms with Gasteiger partial charge in [0.1, 0.15) is 17.2 Å². The summed E-state index contributed by atoms with van der Waals surface area (Å²) in [5.41, 5.74) is 5.81. The van der Waals surface area contributed by atoms with E-state index in [1.807, 2.05) is 36.4 Å². The monoisotopic (exact) mass is 298 g/mol. The zero-order chi connectivity index (χ0) is 15.5. The molecule has 1 aliphatic rings. The summed E-state index contributed by atoms with van der Waals surface area (Å²) in [6.07, 6.45) is 0.715. The van der Waals surface area contributed by atoms with Gasteiger partial charge < -0.3 is 20.0 Å². The zero-order valence-electron chi connectivity index (χ0n) is 12.5. The molecule has 5 nitrogen and oxygen atoms in total. The summed E-state index contributed by atoms with van der Waals surface area (Å²) in [5, 5.41) is 14.5. The molecular formula is C17H18N2O3. The third-order valence-corrected chi connectivity index (χ3v) is 3.79. The first-order chi connectivity index (χ1) is 10.7. The SMILES string of the molecule is COc1ccc([C@H]2CC(c3ccc(OC)cc3O)=NN2)cc1. The first kappa shape index (κ1) is 14.3. The van der Waals surface area contributed by atoms with Crippen LogP contribution in [0.5, 0.6) is 17.2 Å². The second kappa shape index (κ2) is 5.97. The topological polar surface area (TPSA) is 63.1 Å². The van der Waals surface area contributed by atoms with Crippen LogP contribution in [0.25, 0.3) is 0 Å². The van der Waals surface area contributed by atoms with Crippen LogP contribution in [0.4, 0.5) is 0 Å². The molecule has 1 heterocycles. The van der Waals surface area contributed by atoms with Crippen molar-refractivity contribution in [1.82, 2.24) is 5.43 Å². The molecule has 2 aromatic carbocycles. The Morgan fingerprint density at radius 2 is 1.73 bits per heavy atom. The van der Waals surface area contributed by atoms with Gasteiger partial charge in [-0.2, -0.15) is 5.10 Å². The van der Waals surface area contributed by atoms with Gasteiger partial charge in [0, 0.05) is 18.1 Å². The van der Waals surface area contributed by atoms with Crippen LogP contribution in [-0.4, -0.2) is 25.0 Å². The van der Waals surface area contributed by atoms with Crippen LogP contribution < -0.4 is 14.9 Å². The van der Waals surface area contributed by atoms with Crippen LogP contribution in [0.3, 0.4) is 0 Å². The van der Waals surface area contributed by atoms with E-state index in [1.54, 1.807) is 20.3 Å². The van der Waals surface area contributed by atoms with Crippen LogP contribution in [0.1, 0.15) is 23.6 Å². The predicted molar refractivity (Wildman–Crippen MR) is 84.7 cm³/mol. The molecule has 114 valence electrons. The Morgan fingerprint density at radius 3 is 2.36 bits per heavy atom. The minimum absolute atomic E-state index is 0.0995. The lowest BCUT2D eigenvalue weighted by Gasteiger charge is -2.11. The van der Waals surface area contributed by atoms with E-state index in [1.165, 1.54) is 0 Å². The van der Waals surface area contributed by atoms with Gasteiger partial charge in [0.25, 0.3) is 0 Å². The van der Waals surface area contributed by atoms with E-state index < -0.39 is 0 Å². The number of hydrogen-bond donors (Lipinski definition) is 2. The molecular weight excluding hydrogens is 280 g/mol. The third kappa shape index (κ3) is 2.70. The average Bonchev–Trinajstić information content (AvgIpc) is 3.04. The lowest BCUT2D eigenvalue weighted by molar-refractivity contribution is 0.407. The number of phenols is 1. The minimum atomic E-state index is 0.0995. The number of aromatic hydroxyl groups is 1. The van der Waals surface area contributed by atoms with Gasteiger partial charge in [0.2, 0.25) is 0 Å². The smallest absolute Gasteiger partial charge is 0.128 e. The maximum Gasteiger partial charge on any atom is 0.128 e. The molecule has 0 unspecified atom stereocenters. The van der Waals surface area contributed by atoms with E-state index in [0.717, 1.165) is 22.6 Å². The molecule has 3 rings (SSSR count). The van der Waals surface area contributed by atoms with Crippen LogP contribution >= 0.6 is 0 Å². The van der Waals surface area contributed by atoms with Gasteiger partial charge in [-0.1, -0.05) is 12.1 Å². The molecule has 0 aliphatic carbocycles. The molecule has 0 aromatic heterocycles. The zero-order valence-corrected chi connectivity index (χ0v) is 12.5. The Labute approximate surface area is 129 Å². The lowest BCUT2D eigenvalue weighted by Crippen LogP contribution is -2.09. The molecule has 1 aliphatic heterocycles. The number of nitrogens with one attached hydrogen (secondary N) is 1. The van der Waals surface area contributed by atoms with E-state index in [9.17, 15) is 5.11 Å². The molecule has 0 saturated heterocycles. The van der Waals surface area contributed by atoms with Gasteiger partial charge in [0.05, 0.1) is 26.0 Å². The molecule has 0 fully saturated rings. The first-order valence-electron chi connectivity index (χ1n) is 7.04. The van der Waals surface area contributed by atoms with E-state index in [4.69, 9.17) is 9.47 Å². The molecule has 2 N–H and O–H groups in total. The van der Waals surface area contributed by atoms with Gasteiger partial charge >= 0.3 is 0 Å². The maximum atomic E-state index is 10.1. The fourth-order valence-corrected chi connectivity index (χ4v) is 2.52. The van der Waals surface area contributed by atoms with Crippen molar-refractivity contribution < 1.29 is 14.6 Å². The molecule has 1 atom stereocenters. The van der Waals surface area contributed by atoms with Crippen molar-refractivity contribution in [2.75, 3.05) is 14.2 Å². The van der Waals surface area contributed by atoms with Crippen molar-refractivity contribution in [1.29, 1.82) is 0 Å². The first-order valence-corrected chi connectivity index (χ1v) is 7.04. The van der Waals surface area contributed by atoms with E-state index in [2.05, 4.69) is 10.5 Å². The van der Waals surface area contributed by atoms with Gasteiger partial charge in [-0.3, -0.25) is 0 Å². The molecule has 5 heteroatoms. The predicted octanol–water partition coefficient (Wildman–Crippen LogP) is 2.85. The third-order valence-electron chi connectivity index (χ3n) is 3.79. The van der Waals surface area contributed by atoms with Crippen molar-refractivity contribution in [3.8, 4) is 17.2 Å². The second-order valence-electron chi connectivity index (χ2n) is 5.10. The molecule has 22 heavy (non-hydrogen) atoms. The number of methoxy groups -OCH3 is 2. The summed E-state index contributed by atoms with van der Waals surface area (Å²) in [6, 6.07) is 13.2. The molecule has 0 saturated carbocycles. The van der Waals surface area contributed by atoms with E-state index in [0.29, 0.717) is 12.2 Å². The Hall–Kier alpha value is -2.69. The Bertz CT molecular complexity index is 696. The normalized spacial score (nSPS) is 16.8. The summed E-state index contributed by atoms with van der Waals surface area (Å²) in [4.78, 5) is 0. The van der Waals surface area contributed by atoms with Gasteiger partial charge in [-0.15, -0.1) is 0 Å². The number of rotatable bonds is 4. The van der Waals surface area contributed by atoms with Gasteiger partial charge in [-0.05, 0) is 29.8 Å². The largest absolute Gasteiger partial charge is 0.507 e. The molecule has 0 radical (unpaired) electrons. The number of benzene rings is 2. The van der Waals surface area contributed by atoms with Crippen molar-refractivity contribution >= 4 is 5.71 Å². The Balaban J connectivity index is 1.76. The minimum Gasteiger partial charge on any atom is -0.507 e. The van der Waals surface area contributed by atoms with Crippen molar-refractivity contribution in [3.63, 3.8) is 0 Å². The fourth-order valence-electron chi connectivity index (χ4n) is 2.52. The maximum absolute atomic E-state index is 10.1. The van der Waals surface area contributed by atoms with Crippen molar-refractivity contribution in [3.05, 3.63) is 53.6 Å². The van der Waals surface area contributed by atoms with E-state index >= 15 is 0 Å². The Kier molecular flexibility index (Phi) is 3.87. The summed E-state index contributed by atoms with van der Waals surface area (Å²) < 4.78 is 10.3. The number of phenolic OH excluding ortho intramolecular Hbond substituents is 1. The molecule has 0 spiro atoms. The molecule has 0 amide bonds. The highest BCUT2D eigenvalue weighted by Crippen LogP contribution is 2.30. The molecule has 0 bridgehead atoms. The van der Waals surface area contributed by atoms with Gasteiger partial charge in [-0.25, -0.2) is 0 Å².